The van der Waals surface area contributed by atoms with Crippen molar-refractivity contribution in [1.29, 1.82) is 0 Å². The summed E-state index contributed by atoms with van der Waals surface area (Å²) in [5.41, 5.74) is 1.70. The second-order valence-electron chi connectivity index (χ2n) is 4.62. The fourth-order valence-corrected chi connectivity index (χ4v) is 2.13. The highest BCUT2D eigenvalue weighted by Crippen LogP contribution is 2.28. The van der Waals surface area contributed by atoms with Crippen molar-refractivity contribution in [3.63, 3.8) is 0 Å². The van der Waals surface area contributed by atoms with E-state index in [9.17, 15) is 5.11 Å². The zero-order chi connectivity index (χ0) is 13.1. The predicted octanol–water partition coefficient (Wildman–Crippen LogP) is 3.73. The summed E-state index contributed by atoms with van der Waals surface area (Å²) in [5.74, 6) is 0. The lowest BCUT2D eigenvalue weighted by Crippen LogP contribution is -2.28. The average molecular weight is 250 g/mol. The monoisotopic (exact) mass is 250 g/mol. The molecule has 1 N–H and O–H groups in total. The first kappa shape index (κ1) is 11.8. The molecule has 3 nitrogen and oxygen atoms in total. The molecule has 0 aromatic heterocycles. The summed E-state index contributed by atoms with van der Waals surface area (Å²) in [7, 11) is 0. The van der Waals surface area contributed by atoms with Gasteiger partial charge in [-0.05, 0) is 29.3 Å². The second-order valence-corrected chi connectivity index (χ2v) is 4.62. The van der Waals surface area contributed by atoms with Gasteiger partial charge in [-0.1, -0.05) is 48.5 Å². The Hall–Kier alpha value is -2.26. The van der Waals surface area contributed by atoms with E-state index < -0.39 is 5.72 Å². The van der Waals surface area contributed by atoms with E-state index in [-0.39, 0.29) is 0 Å². The molecule has 0 bridgehead atoms. The maximum Gasteiger partial charge on any atom is 0.200 e. The fourth-order valence-electron chi connectivity index (χ4n) is 2.13. The first-order valence-electron chi connectivity index (χ1n) is 6.23. The summed E-state index contributed by atoms with van der Waals surface area (Å²) in [5, 5.41) is 18.6. The van der Waals surface area contributed by atoms with E-state index in [0.717, 1.165) is 16.8 Å². The second kappa shape index (κ2) is 4.78. The summed E-state index contributed by atoms with van der Waals surface area (Å²) in [6, 6.07) is 17.4. The van der Waals surface area contributed by atoms with Crippen LogP contribution in [0.4, 0.5) is 5.69 Å². The van der Waals surface area contributed by atoms with E-state index in [2.05, 4.69) is 10.2 Å². The van der Waals surface area contributed by atoms with Crippen LogP contribution in [0, 0.1) is 0 Å². The van der Waals surface area contributed by atoms with Crippen LogP contribution < -0.4 is 0 Å². The number of aliphatic hydroxyl groups is 1. The topological polar surface area (TPSA) is 45.0 Å². The van der Waals surface area contributed by atoms with Crippen LogP contribution in [0.5, 0.6) is 0 Å². The fraction of sp³-hybridized carbons (Fsp3) is 0.125. The van der Waals surface area contributed by atoms with Crippen molar-refractivity contribution in [2.45, 2.75) is 12.1 Å². The largest absolute Gasteiger partial charge is 0.364 e. The lowest BCUT2D eigenvalue weighted by atomic mass is 9.92. The van der Waals surface area contributed by atoms with E-state index in [1.807, 2.05) is 60.7 Å². The number of nitrogens with zero attached hydrogens (tertiary/aromatic N) is 2. The molecule has 0 aliphatic heterocycles. The standard InChI is InChI=1S/C16H14N2O/c19-16(18-17-15-8-2-1-3-9-15)11-10-13-6-4-5-7-14(13)12-16/h1-11,19H,12H2. The molecule has 1 atom stereocenters. The highest BCUT2D eigenvalue weighted by Gasteiger charge is 2.27. The summed E-state index contributed by atoms with van der Waals surface area (Å²) in [6.45, 7) is 0. The lowest BCUT2D eigenvalue weighted by molar-refractivity contribution is 0.0933. The lowest BCUT2D eigenvalue weighted by Gasteiger charge is -2.23. The molecule has 0 spiro atoms. The predicted molar refractivity (Wildman–Crippen MR) is 75.1 cm³/mol. The molecule has 1 unspecified atom stereocenters. The Bertz CT molecular complexity index is 634. The molecular weight excluding hydrogens is 236 g/mol. The van der Waals surface area contributed by atoms with Gasteiger partial charge in [-0.15, -0.1) is 5.11 Å². The average Bonchev–Trinajstić information content (AvgIpc) is 2.46. The zero-order valence-corrected chi connectivity index (χ0v) is 10.4. The van der Waals surface area contributed by atoms with E-state index in [4.69, 9.17) is 0 Å². The van der Waals surface area contributed by atoms with Gasteiger partial charge in [-0.25, -0.2) is 0 Å². The van der Waals surface area contributed by atoms with Crippen LogP contribution in [0.25, 0.3) is 6.08 Å². The molecule has 1 aliphatic rings. The Labute approximate surface area is 111 Å². The number of hydrogen-bond acceptors (Lipinski definition) is 3. The molecule has 0 saturated carbocycles. The molecule has 3 heteroatoms. The maximum absolute atomic E-state index is 10.4. The third-order valence-corrected chi connectivity index (χ3v) is 3.13. The summed E-state index contributed by atoms with van der Waals surface area (Å²) < 4.78 is 0. The minimum atomic E-state index is -1.25. The van der Waals surface area contributed by atoms with Crippen LogP contribution in [0.2, 0.25) is 0 Å². The molecule has 94 valence electrons. The van der Waals surface area contributed by atoms with Gasteiger partial charge in [0.2, 0.25) is 0 Å². The van der Waals surface area contributed by atoms with Gasteiger partial charge in [0.25, 0.3) is 0 Å². The van der Waals surface area contributed by atoms with Crippen molar-refractivity contribution in [2.75, 3.05) is 0 Å². The normalized spacial score (nSPS) is 21.5. The molecule has 2 aromatic carbocycles. The molecule has 0 amide bonds. The van der Waals surface area contributed by atoms with Crippen LogP contribution >= 0.6 is 0 Å². The Kier molecular flexibility index (Phi) is 2.97. The van der Waals surface area contributed by atoms with Crippen molar-refractivity contribution in [3.05, 3.63) is 71.8 Å². The number of hydrogen-bond donors (Lipinski definition) is 1. The molecule has 0 radical (unpaired) electrons. The van der Waals surface area contributed by atoms with Crippen LogP contribution in [0.15, 0.2) is 70.9 Å². The van der Waals surface area contributed by atoms with Crippen LogP contribution in [0.1, 0.15) is 11.1 Å². The summed E-state index contributed by atoms with van der Waals surface area (Å²) in [4.78, 5) is 0. The molecule has 3 rings (SSSR count). The van der Waals surface area contributed by atoms with Gasteiger partial charge in [0.05, 0.1) is 5.69 Å². The van der Waals surface area contributed by atoms with E-state index in [0.29, 0.717) is 6.42 Å². The quantitative estimate of drug-likeness (QED) is 0.811. The highest BCUT2D eigenvalue weighted by atomic mass is 16.3. The van der Waals surface area contributed by atoms with Crippen LogP contribution in [0.3, 0.4) is 0 Å². The minimum Gasteiger partial charge on any atom is -0.364 e. The molecule has 2 aromatic rings. The SMILES string of the molecule is OC1(N=Nc2ccccc2)C=Cc2ccccc2C1. The van der Waals surface area contributed by atoms with Crippen molar-refractivity contribution >= 4 is 11.8 Å². The van der Waals surface area contributed by atoms with Gasteiger partial charge in [-0.2, -0.15) is 5.11 Å². The van der Waals surface area contributed by atoms with Gasteiger partial charge >= 0.3 is 0 Å². The van der Waals surface area contributed by atoms with Crippen molar-refractivity contribution in [3.8, 4) is 0 Å². The maximum atomic E-state index is 10.4. The highest BCUT2D eigenvalue weighted by molar-refractivity contribution is 5.58. The minimum absolute atomic E-state index is 0.454. The van der Waals surface area contributed by atoms with Gasteiger partial charge in [0.15, 0.2) is 5.72 Å². The van der Waals surface area contributed by atoms with Gasteiger partial charge in [0.1, 0.15) is 0 Å². The van der Waals surface area contributed by atoms with Crippen molar-refractivity contribution < 1.29 is 5.11 Å². The molecule has 1 aliphatic carbocycles. The van der Waals surface area contributed by atoms with Gasteiger partial charge < -0.3 is 5.11 Å². The molecule has 0 saturated heterocycles. The Morgan fingerprint density at radius 3 is 2.53 bits per heavy atom. The van der Waals surface area contributed by atoms with Crippen molar-refractivity contribution in [2.24, 2.45) is 10.2 Å². The number of rotatable bonds is 2. The van der Waals surface area contributed by atoms with Gasteiger partial charge in [0, 0.05) is 6.42 Å². The Morgan fingerprint density at radius 1 is 0.947 bits per heavy atom. The van der Waals surface area contributed by atoms with E-state index in [1.165, 1.54) is 0 Å². The molecule has 0 fully saturated rings. The van der Waals surface area contributed by atoms with Crippen LogP contribution in [-0.2, 0) is 6.42 Å². The van der Waals surface area contributed by atoms with E-state index >= 15 is 0 Å². The number of fused-ring (bicyclic) bond motifs is 1. The van der Waals surface area contributed by atoms with E-state index in [1.54, 1.807) is 6.08 Å². The first-order valence-corrected chi connectivity index (χ1v) is 6.23. The molecular formula is C16H14N2O. The summed E-state index contributed by atoms with van der Waals surface area (Å²) >= 11 is 0. The van der Waals surface area contributed by atoms with Crippen LogP contribution in [-0.4, -0.2) is 10.8 Å². The molecule has 19 heavy (non-hydrogen) atoms. The zero-order valence-electron chi connectivity index (χ0n) is 10.4. The first-order chi connectivity index (χ1) is 9.25. The third-order valence-electron chi connectivity index (χ3n) is 3.13. The molecule has 0 heterocycles. The smallest absolute Gasteiger partial charge is 0.200 e. The Morgan fingerprint density at radius 2 is 1.68 bits per heavy atom. The third kappa shape index (κ3) is 2.61. The van der Waals surface area contributed by atoms with Gasteiger partial charge in [-0.3, -0.25) is 0 Å². The van der Waals surface area contributed by atoms with Crippen molar-refractivity contribution in [1.82, 2.24) is 0 Å². The Balaban J connectivity index is 1.85. The number of azo groups is 1. The number of benzene rings is 2. The summed E-state index contributed by atoms with van der Waals surface area (Å²) in [6.07, 6.45) is 4.04.